The van der Waals surface area contributed by atoms with Gasteiger partial charge in [0.15, 0.2) is 16.6 Å². The summed E-state index contributed by atoms with van der Waals surface area (Å²) in [6, 6.07) is 5.22. The van der Waals surface area contributed by atoms with E-state index in [4.69, 9.17) is 4.12 Å². The van der Waals surface area contributed by atoms with Crippen molar-refractivity contribution < 1.29 is 4.12 Å². The first kappa shape index (κ1) is 17.4. The molecule has 0 aliphatic rings. The molecule has 0 aromatic carbocycles. The fourth-order valence-electron chi connectivity index (χ4n) is 2.40. The summed E-state index contributed by atoms with van der Waals surface area (Å²) in [5.41, 5.74) is 0. The molecule has 3 heteroatoms. The quantitative estimate of drug-likeness (QED) is 0.494. The van der Waals surface area contributed by atoms with Crippen molar-refractivity contribution in [3.63, 3.8) is 0 Å². The van der Waals surface area contributed by atoms with Crippen LogP contribution >= 0.6 is 0 Å². The summed E-state index contributed by atoms with van der Waals surface area (Å²) in [5.74, 6) is 0.867. The molecule has 0 heterocycles. The normalized spacial score (nSPS) is 15.0. The number of hydrogen-bond acceptors (Lipinski definition) is 1. The Morgan fingerprint density at radius 2 is 1.41 bits per heavy atom. The molecule has 104 valence electrons. The number of rotatable bonds is 9. The van der Waals surface area contributed by atoms with Crippen LogP contribution in [0.4, 0.5) is 0 Å². The second kappa shape index (κ2) is 7.75. The minimum Gasteiger partial charge on any atom is -0.455 e. The molecule has 0 bridgehead atoms. The maximum absolute atomic E-state index is 6.75. The molecule has 0 fully saturated rings. The summed E-state index contributed by atoms with van der Waals surface area (Å²) in [6.07, 6.45) is 2.67. The lowest BCUT2D eigenvalue weighted by atomic mass is 10.1. The average Bonchev–Trinajstić information content (AvgIpc) is 2.33. The third-order valence-electron chi connectivity index (χ3n) is 4.36. The van der Waals surface area contributed by atoms with Gasteiger partial charge in [0, 0.05) is 0 Å². The Bertz CT molecular complexity index is 192. The van der Waals surface area contributed by atoms with Crippen molar-refractivity contribution in [3.8, 4) is 0 Å². The smallest absolute Gasteiger partial charge is 0.178 e. The van der Waals surface area contributed by atoms with Crippen molar-refractivity contribution in [2.24, 2.45) is 5.92 Å². The molecule has 1 unspecified atom stereocenters. The van der Waals surface area contributed by atoms with E-state index in [0.717, 1.165) is 5.92 Å². The first-order valence-corrected chi connectivity index (χ1v) is 13.2. The Labute approximate surface area is 112 Å². The van der Waals surface area contributed by atoms with Crippen LogP contribution in [0, 0.1) is 5.92 Å². The van der Waals surface area contributed by atoms with Crippen LogP contribution in [0.5, 0.6) is 0 Å². The van der Waals surface area contributed by atoms with Crippen molar-refractivity contribution in [1.82, 2.24) is 0 Å². The topological polar surface area (TPSA) is 9.23 Å². The first-order valence-electron chi connectivity index (χ1n) is 7.54. The highest BCUT2D eigenvalue weighted by Crippen LogP contribution is 2.29. The molecule has 0 aromatic rings. The summed E-state index contributed by atoms with van der Waals surface area (Å²) in [7, 11) is -2.79. The molecular weight excluding hydrogens is 240 g/mol. The Hall–Kier alpha value is 0.394. The van der Waals surface area contributed by atoms with Crippen molar-refractivity contribution in [2.45, 2.75) is 84.7 Å². The van der Waals surface area contributed by atoms with E-state index in [2.05, 4.69) is 47.7 Å². The molecule has 0 saturated heterocycles. The molecule has 0 saturated carbocycles. The molecular formula is C14H34OSi2. The van der Waals surface area contributed by atoms with Crippen LogP contribution in [0.15, 0.2) is 0 Å². The highest BCUT2D eigenvalue weighted by atomic mass is 28.4. The lowest BCUT2D eigenvalue weighted by Crippen LogP contribution is -2.47. The van der Waals surface area contributed by atoms with Gasteiger partial charge in [-0.3, -0.25) is 0 Å². The zero-order valence-corrected chi connectivity index (χ0v) is 15.2. The SMILES string of the molecule is CCC(C)CC[Si](C)(C)O[Si](CC)(CC)CC. The first-order chi connectivity index (χ1) is 7.84. The van der Waals surface area contributed by atoms with Gasteiger partial charge in [-0.15, -0.1) is 0 Å². The van der Waals surface area contributed by atoms with E-state index in [1.54, 1.807) is 0 Å². The standard InChI is InChI=1S/C14H34OSi2/c1-8-14(5)12-13-16(6,7)15-17(9-2,10-3)11-4/h14H,8-13H2,1-7H3. The van der Waals surface area contributed by atoms with Gasteiger partial charge < -0.3 is 4.12 Å². The van der Waals surface area contributed by atoms with Gasteiger partial charge >= 0.3 is 0 Å². The van der Waals surface area contributed by atoms with Crippen molar-refractivity contribution in [2.75, 3.05) is 0 Å². The molecule has 0 aliphatic carbocycles. The highest BCUT2D eigenvalue weighted by molar-refractivity contribution is 6.86. The predicted molar refractivity (Wildman–Crippen MR) is 84.6 cm³/mol. The van der Waals surface area contributed by atoms with Crippen molar-refractivity contribution in [3.05, 3.63) is 0 Å². The second-order valence-corrected chi connectivity index (χ2v) is 15.5. The predicted octanol–water partition coefficient (Wildman–Crippen LogP) is 5.65. The molecule has 0 aliphatic heterocycles. The van der Waals surface area contributed by atoms with Gasteiger partial charge in [0.25, 0.3) is 0 Å². The summed E-state index contributed by atoms with van der Waals surface area (Å²) in [5, 5.41) is 0. The highest BCUT2D eigenvalue weighted by Gasteiger charge is 2.36. The minimum atomic E-state index is -1.42. The van der Waals surface area contributed by atoms with Gasteiger partial charge in [-0.1, -0.05) is 47.5 Å². The zero-order valence-electron chi connectivity index (χ0n) is 13.2. The van der Waals surface area contributed by atoms with Crippen LogP contribution in [-0.4, -0.2) is 16.6 Å². The van der Waals surface area contributed by atoms with Gasteiger partial charge in [0.1, 0.15) is 0 Å². The van der Waals surface area contributed by atoms with Gasteiger partial charge in [0.05, 0.1) is 0 Å². The molecule has 0 amide bonds. The molecule has 0 aromatic heterocycles. The van der Waals surface area contributed by atoms with Crippen LogP contribution in [0.1, 0.15) is 47.5 Å². The second-order valence-electron chi connectivity index (χ2n) is 6.16. The molecule has 1 nitrogen and oxygen atoms in total. The molecule has 1 atom stereocenters. The van der Waals surface area contributed by atoms with Crippen molar-refractivity contribution >= 4 is 16.6 Å². The summed E-state index contributed by atoms with van der Waals surface area (Å²) in [6.45, 7) is 16.5. The molecule has 0 radical (unpaired) electrons. The van der Waals surface area contributed by atoms with Crippen LogP contribution in [0.2, 0.25) is 37.3 Å². The minimum absolute atomic E-state index is 0.867. The van der Waals surface area contributed by atoms with E-state index >= 15 is 0 Å². The fraction of sp³-hybridized carbons (Fsp3) is 1.00. The van der Waals surface area contributed by atoms with Gasteiger partial charge in [-0.25, -0.2) is 0 Å². The maximum atomic E-state index is 6.75. The van der Waals surface area contributed by atoms with Crippen molar-refractivity contribution in [1.29, 1.82) is 0 Å². The van der Waals surface area contributed by atoms with Crippen LogP contribution in [0.3, 0.4) is 0 Å². The molecule has 0 N–H and O–H groups in total. The summed E-state index contributed by atoms with van der Waals surface area (Å²) < 4.78 is 6.75. The fourth-order valence-corrected chi connectivity index (χ4v) is 11.9. The summed E-state index contributed by atoms with van der Waals surface area (Å²) >= 11 is 0. The Balaban J connectivity index is 4.39. The Kier molecular flexibility index (Phi) is 7.93. The third kappa shape index (κ3) is 6.21. The van der Waals surface area contributed by atoms with E-state index in [1.165, 1.54) is 37.0 Å². The van der Waals surface area contributed by atoms with E-state index in [-0.39, 0.29) is 0 Å². The molecule has 0 spiro atoms. The van der Waals surface area contributed by atoms with Gasteiger partial charge in [-0.2, -0.15) is 0 Å². The monoisotopic (exact) mass is 274 g/mol. The Morgan fingerprint density at radius 3 is 1.76 bits per heavy atom. The van der Waals surface area contributed by atoms with E-state index < -0.39 is 16.6 Å². The van der Waals surface area contributed by atoms with Gasteiger partial charge in [0.2, 0.25) is 0 Å². The average molecular weight is 275 g/mol. The van der Waals surface area contributed by atoms with E-state index in [0.29, 0.717) is 0 Å². The van der Waals surface area contributed by atoms with E-state index in [9.17, 15) is 0 Å². The van der Waals surface area contributed by atoms with Crippen LogP contribution in [0.25, 0.3) is 0 Å². The van der Waals surface area contributed by atoms with E-state index in [1.807, 2.05) is 0 Å². The molecule has 0 rings (SSSR count). The molecule has 17 heavy (non-hydrogen) atoms. The maximum Gasteiger partial charge on any atom is 0.178 e. The largest absolute Gasteiger partial charge is 0.455 e. The van der Waals surface area contributed by atoms with Gasteiger partial charge in [-0.05, 0) is 43.2 Å². The Morgan fingerprint density at radius 1 is 0.941 bits per heavy atom. The lowest BCUT2D eigenvalue weighted by molar-refractivity contribution is 0.489. The zero-order chi connectivity index (χ0) is 13.5. The van der Waals surface area contributed by atoms with Crippen LogP contribution < -0.4 is 0 Å². The number of hydrogen-bond donors (Lipinski definition) is 0. The van der Waals surface area contributed by atoms with Crippen LogP contribution in [-0.2, 0) is 4.12 Å². The lowest BCUT2D eigenvalue weighted by Gasteiger charge is -2.38. The summed E-state index contributed by atoms with van der Waals surface area (Å²) in [4.78, 5) is 0. The third-order valence-corrected chi connectivity index (χ3v) is 13.7.